The molecule has 2 bridgehead atoms. The first-order valence-corrected chi connectivity index (χ1v) is 6.23. The Morgan fingerprint density at radius 2 is 2.33 bits per heavy atom. The lowest BCUT2D eigenvalue weighted by atomic mass is 9.95. The van der Waals surface area contributed by atoms with Gasteiger partial charge in [-0.1, -0.05) is 11.6 Å². The molecular weight excluding hydrogens is 210 g/mol. The molecule has 0 saturated heterocycles. The average molecular weight is 226 g/mol. The van der Waals surface area contributed by atoms with Crippen molar-refractivity contribution < 1.29 is 0 Å². The fraction of sp³-hybridized carbons (Fsp3) is 0.818. The maximum atomic E-state index is 6.13. The van der Waals surface area contributed by atoms with E-state index in [2.05, 4.69) is 15.0 Å². The largest absolute Gasteiger partial charge is 0.245 e. The molecule has 0 aliphatic heterocycles. The summed E-state index contributed by atoms with van der Waals surface area (Å²) in [5.74, 6) is 1.76. The van der Waals surface area contributed by atoms with Gasteiger partial charge >= 0.3 is 0 Å². The molecule has 82 valence electrons. The first-order chi connectivity index (χ1) is 7.25. The normalized spacial score (nSPS) is 36.0. The predicted octanol–water partition coefficient (Wildman–Crippen LogP) is 2.94. The van der Waals surface area contributed by atoms with Crippen molar-refractivity contribution in [3.05, 3.63) is 11.9 Å². The molecule has 0 radical (unpaired) electrons. The summed E-state index contributed by atoms with van der Waals surface area (Å²) in [6.45, 7) is 1.99. The summed E-state index contributed by atoms with van der Waals surface area (Å²) in [6, 6.07) is 0.572. The summed E-state index contributed by atoms with van der Waals surface area (Å²) in [5.41, 5.74) is 1.08. The van der Waals surface area contributed by atoms with Gasteiger partial charge in [0.1, 0.15) is 0 Å². The third-order valence-electron chi connectivity index (χ3n) is 4.03. The van der Waals surface area contributed by atoms with Gasteiger partial charge in [-0.2, -0.15) is 0 Å². The predicted molar refractivity (Wildman–Crippen MR) is 58.8 cm³/mol. The molecule has 4 atom stereocenters. The minimum atomic E-state index is 0.0131. The molecule has 0 aromatic carbocycles. The molecule has 3 nitrogen and oxygen atoms in total. The van der Waals surface area contributed by atoms with Crippen LogP contribution in [-0.2, 0) is 0 Å². The number of hydrogen-bond donors (Lipinski definition) is 0. The Bertz CT molecular complexity index is 360. The highest BCUT2D eigenvalue weighted by Gasteiger charge is 2.41. The van der Waals surface area contributed by atoms with E-state index in [-0.39, 0.29) is 5.38 Å². The lowest BCUT2D eigenvalue weighted by Crippen LogP contribution is -2.19. The molecule has 0 spiro atoms. The van der Waals surface area contributed by atoms with Gasteiger partial charge in [0.25, 0.3) is 0 Å². The number of fused-ring (bicyclic) bond motifs is 2. The van der Waals surface area contributed by atoms with Crippen LogP contribution in [0.15, 0.2) is 6.20 Å². The third kappa shape index (κ3) is 1.48. The Morgan fingerprint density at radius 3 is 2.93 bits per heavy atom. The van der Waals surface area contributed by atoms with Gasteiger partial charge in [-0.3, -0.25) is 0 Å². The number of hydrogen-bond acceptors (Lipinski definition) is 2. The minimum absolute atomic E-state index is 0.0131. The van der Waals surface area contributed by atoms with Crippen molar-refractivity contribution in [2.75, 3.05) is 0 Å². The van der Waals surface area contributed by atoms with Crippen LogP contribution in [-0.4, -0.2) is 15.0 Å². The zero-order valence-electron chi connectivity index (χ0n) is 8.93. The third-order valence-corrected chi connectivity index (χ3v) is 4.25. The first kappa shape index (κ1) is 9.64. The molecule has 2 aliphatic rings. The van der Waals surface area contributed by atoms with Gasteiger partial charge < -0.3 is 0 Å². The van der Waals surface area contributed by atoms with Crippen molar-refractivity contribution in [2.45, 2.75) is 44.0 Å². The van der Waals surface area contributed by atoms with Gasteiger partial charge in [0, 0.05) is 0 Å². The van der Waals surface area contributed by atoms with Crippen molar-refractivity contribution in [2.24, 2.45) is 11.8 Å². The van der Waals surface area contributed by atoms with Gasteiger partial charge in [0.15, 0.2) is 0 Å². The van der Waals surface area contributed by atoms with Crippen LogP contribution in [0.5, 0.6) is 0 Å². The SMILES string of the molecule is CC(Cl)c1cnnn1C1CC2CCC1C2. The van der Waals surface area contributed by atoms with Crippen molar-refractivity contribution in [3.8, 4) is 0 Å². The molecule has 15 heavy (non-hydrogen) atoms. The molecule has 0 amide bonds. The number of aromatic nitrogens is 3. The fourth-order valence-electron chi connectivity index (χ4n) is 3.30. The van der Waals surface area contributed by atoms with Gasteiger partial charge in [-0.15, -0.1) is 16.7 Å². The maximum Gasteiger partial charge on any atom is 0.0766 e. The summed E-state index contributed by atoms with van der Waals surface area (Å²) >= 11 is 6.13. The molecule has 2 aliphatic carbocycles. The standard InChI is InChI=1S/C11H16ClN3/c1-7(12)11-6-13-14-15(11)10-5-8-2-3-9(10)4-8/h6-10H,2-5H2,1H3. The van der Waals surface area contributed by atoms with Gasteiger partial charge in [-0.05, 0) is 38.0 Å². The second-order valence-corrected chi connectivity index (χ2v) is 5.62. The summed E-state index contributed by atoms with van der Waals surface area (Å²) in [5, 5.41) is 8.23. The van der Waals surface area contributed by atoms with Crippen molar-refractivity contribution in [3.63, 3.8) is 0 Å². The average Bonchev–Trinajstić information content (AvgIpc) is 2.92. The molecule has 1 heterocycles. The Morgan fingerprint density at radius 1 is 1.47 bits per heavy atom. The smallest absolute Gasteiger partial charge is 0.0766 e. The second kappa shape index (κ2) is 3.48. The Hall–Kier alpha value is -0.570. The lowest BCUT2D eigenvalue weighted by Gasteiger charge is -2.23. The molecule has 1 aromatic heterocycles. The lowest BCUT2D eigenvalue weighted by molar-refractivity contribution is 0.295. The van der Waals surface area contributed by atoms with Crippen LogP contribution in [0.3, 0.4) is 0 Å². The number of nitrogens with zero attached hydrogens (tertiary/aromatic N) is 3. The van der Waals surface area contributed by atoms with E-state index in [4.69, 9.17) is 11.6 Å². The van der Waals surface area contributed by atoms with Crippen LogP contribution < -0.4 is 0 Å². The van der Waals surface area contributed by atoms with Crippen molar-refractivity contribution >= 4 is 11.6 Å². The monoisotopic (exact) mass is 225 g/mol. The number of alkyl halides is 1. The van der Waals surface area contributed by atoms with Crippen LogP contribution in [0.4, 0.5) is 0 Å². The molecule has 3 rings (SSSR count). The van der Waals surface area contributed by atoms with Crippen LogP contribution in [0, 0.1) is 11.8 Å². The van der Waals surface area contributed by atoms with Crippen LogP contribution in [0.2, 0.25) is 0 Å². The number of rotatable bonds is 2. The Balaban J connectivity index is 1.90. The number of halogens is 1. The quantitative estimate of drug-likeness (QED) is 0.725. The van der Waals surface area contributed by atoms with Crippen molar-refractivity contribution in [1.82, 2.24) is 15.0 Å². The van der Waals surface area contributed by atoms with E-state index < -0.39 is 0 Å². The minimum Gasteiger partial charge on any atom is -0.245 e. The fourth-order valence-corrected chi connectivity index (χ4v) is 3.46. The molecular formula is C11H16ClN3. The molecule has 2 fully saturated rings. The van der Waals surface area contributed by atoms with Crippen LogP contribution in [0.1, 0.15) is 49.7 Å². The highest BCUT2D eigenvalue weighted by Crippen LogP contribution is 2.51. The molecule has 2 saturated carbocycles. The summed E-state index contributed by atoms with van der Waals surface area (Å²) in [7, 11) is 0. The van der Waals surface area contributed by atoms with E-state index in [9.17, 15) is 0 Å². The second-order valence-electron chi connectivity index (χ2n) is 4.96. The topological polar surface area (TPSA) is 30.7 Å². The molecule has 4 heteroatoms. The zero-order chi connectivity index (χ0) is 10.4. The highest BCUT2D eigenvalue weighted by atomic mass is 35.5. The van der Waals surface area contributed by atoms with E-state index in [1.165, 1.54) is 25.7 Å². The van der Waals surface area contributed by atoms with Crippen molar-refractivity contribution in [1.29, 1.82) is 0 Å². The summed E-state index contributed by atoms with van der Waals surface area (Å²) < 4.78 is 2.08. The van der Waals surface area contributed by atoms with E-state index in [0.29, 0.717) is 6.04 Å². The van der Waals surface area contributed by atoms with E-state index in [0.717, 1.165) is 17.5 Å². The maximum absolute atomic E-state index is 6.13. The zero-order valence-corrected chi connectivity index (χ0v) is 9.69. The van der Waals surface area contributed by atoms with Crippen LogP contribution >= 0.6 is 11.6 Å². The molecule has 1 aromatic rings. The highest BCUT2D eigenvalue weighted by molar-refractivity contribution is 6.20. The molecule has 4 unspecified atom stereocenters. The molecule has 0 N–H and O–H groups in total. The van der Waals surface area contributed by atoms with E-state index in [1.54, 1.807) is 0 Å². The Labute approximate surface area is 94.8 Å². The van der Waals surface area contributed by atoms with Gasteiger partial charge in [0.05, 0.1) is 23.3 Å². The van der Waals surface area contributed by atoms with Gasteiger partial charge in [-0.25, -0.2) is 4.68 Å². The first-order valence-electron chi connectivity index (χ1n) is 5.80. The summed E-state index contributed by atoms with van der Waals surface area (Å²) in [6.07, 6.45) is 7.27. The van der Waals surface area contributed by atoms with E-state index in [1.807, 2.05) is 13.1 Å². The van der Waals surface area contributed by atoms with E-state index >= 15 is 0 Å². The summed E-state index contributed by atoms with van der Waals surface area (Å²) in [4.78, 5) is 0. The van der Waals surface area contributed by atoms with Crippen LogP contribution in [0.25, 0.3) is 0 Å². The van der Waals surface area contributed by atoms with Gasteiger partial charge in [0.2, 0.25) is 0 Å². The Kier molecular flexibility index (Phi) is 2.23.